The Balaban J connectivity index is 1.39. The second-order valence-corrected chi connectivity index (χ2v) is 9.14. The molecule has 2 aliphatic heterocycles. The number of piperidine rings is 1. The first-order valence-electron chi connectivity index (χ1n) is 9.76. The molecule has 1 N–H and O–H groups in total. The number of fused-ring (bicyclic) bond motifs is 1. The van der Waals surface area contributed by atoms with Crippen LogP contribution in [0.15, 0.2) is 53.4 Å². The minimum Gasteiger partial charge on any atom is -0.454 e. The van der Waals surface area contributed by atoms with Crippen LogP contribution in [-0.2, 0) is 21.4 Å². The van der Waals surface area contributed by atoms with Gasteiger partial charge in [0.1, 0.15) is 0 Å². The Morgan fingerprint density at radius 1 is 1.07 bits per heavy atom. The van der Waals surface area contributed by atoms with Crippen LogP contribution >= 0.6 is 0 Å². The van der Waals surface area contributed by atoms with Crippen LogP contribution in [0.4, 0.5) is 0 Å². The highest BCUT2D eigenvalue weighted by atomic mass is 32.2. The van der Waals surface area contributed by atoms with Gasteiger partial charge in [-0.15, -0.1) is 0 Å². The fourth-order valence-electron chi connectivity index (χ4n) is 3.76. The Hall–Kier alpha value is -2.58. The second-order valence-electron chi connectivity index (χ2n) is 7.25. The molecule has 1 atom stereocenters. The minimum absolute atomic E-state index is 0.149. The summed E-state index contributed by atoms with van der Waals surface area (Å²) in [4.78, 5) is 12.8. The summed E-state index contributed by atoms with van der Waals surface area (Å²) in [6.45, 7) is 1.00. The quantitative estimate of drug-likeness (QED) is 0.783. The highest BCUT2D eigenvalue weighted by molar-refractivity contribution is 7.89. The average molecular weight is 416 g/mol. The molecule has 0 radical (unpaired) electrons. The molecular weight excluding hydrogens is 392 g/mol. The maximum absolute atomic E-state index is 13.0. The van der Waals surface area contributed by atoms with Gasteiger partial charge in [0.2, 0.25) is 22.7 Å². The van der Waals surface area contributed by atoms with Crippen molar-refractivity contribution >= 4 is 15.9 Å². The standard InChI is InChI=1S/C21H24N2O5S/c24-21(22-14-16-9-10-19-20(12-16)28-15-27-19)13-17-6-4-5-11-23(17)29(25,26)18-7-2-1-3-8-18/h1-3,7-10,12,17H,4-6,11,13-15H2,(H,22,24)/t17-/m1/s1. The molecule has 7 nitrogen and oxygen atoms in total. The molecule has 0 bridgehead atoms. The molecule has 29 heavy (non-hydrogen) atoms. The van der Waals surface area contributed by atoms with E-state index in [1.54, 1.807) is 30.3 Å². The highest BCUT2D eigenvalue weighted by Gasteiger charge is 2.34. The lowest BCUT2D eigenvalue weighted by Gasteiger charge is -2.34. The number of amides is 1. The largest absolute Gasteiger partial charge is 0.454 e. The third kappa shape index (κ3) is 4.38. The zero-order valence-electron chi connectivity index (χ0n) is 16.0. The van der Waals surface area contributed by atoms with Crippen molar-refractivity contribution in [3.8, 4) is 11.5 Å². The van der Waals surface area contributed by atoms with E-state index in [1.807, 2.05) is 18.2 Å². The number of nitrogens with one attached hydrogen (secondary N) is 1. The summed E-state index contributed by atoms with van der Waals surface area (Å²) in [6.07, 6.45) is 2.56. The Labute approximate surface area is 170 Å². The van der Waals surface area contributed by atoms with Crippen LogP contribution in [-0.4, -0.2) is 38.0 Å². The fourth-order valence-corrected chi connectivity index (χ4v) is 5.47. The van der Waals surface area contributed by atoms with Crippen LogP contribution in [0.1, 0.15) is 31.2 Å². The van der Waals surface area contributed by atoms with Gasteiger partial charge >= 0.3 is 0 Å². The number of hydrogen-bond acceptors (Lipinski definition) is 5. The summed E-state index contributed by atoms with van der Waals surface area (Å²) in [5.41, 5.74) is 0.903. The normalized spacial score (nSPS) is 19.1. The van der Waals surface area contributed by atoms with Crippen molar-refractivity contribution in [2.75, 3.05) is 13.3 Å². The van der Waals surface area contributed by atoms with Crippen LogP contribution in [0.5, 0.6) is 11.5 Å². The van der Waals surface area contributed by atoms with Crippen LogP contribution in [0.25, 0.3) is 0 Å². The number of sulfonamides is 1. The van der Waals surface area contributed by atoms with E-state index >= 15 is 0 Å². The van der Waals surface area contributed by atoms with Crippen LogP contribution in [0, 0.1) is 0 Å². The average Bonchev–Trinajstić information content (AvgIpc) is 3.21. The van der Waals surface area contributed by atoms with Crippen LogP contribution in [0.3, 0.4) is 0 Å². The van der Waals surface area contributed by atoms with Gasteiger partial charge in [0.15, 0.2) is 11.5 Å². The molecule has 8 heteroatoms. The van der Waals surface area contributed by atoms with Crippen molar-refractivity contribution in [3.05, 3.63) is 54.1 Å². The topological polar surface area (TPSA) is 84.9 Å². The Morgan fingerprint density at radius 2 is 1.86 bits per heavy atom. The maximum atomic E-state index is 13.0. The SMILES string of the molecule is O=C(C[C@H]1CCCCN1S(=O)(=O)c1ccccc1)NCc1ccc2c(c1)OCO2. The summed E-state index contributed by atoms with van der Waals surface area (Å²) in [6, 6.07) is 13.6. The van der Waals surface area contributed by atoms with Crippen molar-refractivity contribution in [1.29, 1.82) is 0 Å². The van der Waals surface area contributed by atoms with Gasteiger partial charge in [-0.2, -0.15) is 4.31 Å². The van der Waals surface area contributed by atoms with E-state index in [0.717, 1.165) is 18.4 Å². The highest BCUT2D eigenvalue weighted by Crippen LogP contribution is 2.32. The van der Waals surface area contributed by atoms with Gasteiger partial charge in [0, 0.05) is 25.6 Å². The van der Waals surface area contributed by atoms with Crippen molar-refractivity contribution in [2.45, 2.75) is 43.2 Å². The van der Waals surface area contributed by atoms with Gasteiger partial charge < -0.3 is 14.8 Å². The van der Waals surface area contributed by atoms with Crippen molar-refractivity contribution < 1.29 is 22.7 Å². The predicted molar refractivity (Wildman–Crippen MR) is 107 cm³/mol. The molecule has 0 spiro atoms. The minimum atomic E-state index is -3.61. The lowest BCUT2D eigenvalue weighted by molar-refractivity contribution is -0.122. The number of benzene rings is 2. The summed E-state index contributed by atoms with van der Waals surface area (Å²) >= 11 is 0. The third-order valence-corrected chi connectivity index (χ3v) is 7.24. The van der Waals surface area contributed by atoms with Gasteiger partial charge in [-0.3, -0.25) is 4.79 Å². The molecule has 2 aliphatic rings. The molecule has 0 aromatic heterocycles. The summed E-state index contributed by atoms with van der Waals surface area (Å²) in [7, 11) is -3.61. The van der Waals surface area contributed by atoms with Crippen molar-refractivity contribution in [3.63, 3.8) is 0 Å². The van der Waals surface area contributed by atoms with E-state index in [2.05, 4.69) is 5.32 Å². The van der Waals surface area contributed by atoms with E-state index in [9.17, 15) is 13.2 Å². The number of nitrogens with zero attached hydrogens (tertiary/aromatic N) is 1. The number of carbonyl (C=O) groups excluding carboxylic acids is 1. The van der Waals surface area contributed by atoms with E-state index in [4.69, 9.17) is 9.47 Å². The molecule has 1 saturated heterocycles. The first-order valence-corrected chi connectivity index (χ1v) is 11.2. The van der Waals surface area contributed by atoms with Gasteiger partial charge in [0.05, 0.1) is 4.90 Å². The molecule has 1 fully saturated rings. The van der Waals surface area contributed by atoms with E-state index in [0.29, 0.717) is 31.0 Å². The number of rotatable bonds is 6. The van der Waals surface area contributed by atoms with Crippen molar-refractivity contribution in [2.24, 2.45) is 0 Å². The first kappa shape index (κ1) is 19.7. The fraction of sp³-hybridized carbons (Fsp3) is 0.381. The number of hydrogen-bond donors (Lipinski definition) is 1. The monoisotopic (exact) mass is 416 g/mol. The van der Waals surface area contributed by atoms with E-state index < -0.39 is 10.0 Å². The smallest absolute Gasteiger partial charge is 0.243 e. The van der Waals surface area contributed by atoms with Crippen LogP contribution < -0.4 is 14.8 Å². The molecule has 154 valence electrons. The third-order valence-electron chi connectivity index (χ3n) is 5.27. The molecule has 0 aliphatic carbocycles. The van der Waals surface area contributed by atoms with Gasteiger partial charge in [-0.1, -0.05) is 30.7 Å². The number of carbonyl (C=O) groups is 1. The lowest BCUT2D eigenvalue weighted by atomic mass is 10.0. The molecule has 2 aromatic rings. The molecule has 2 aromatic carbocycles. The summed E-state index contributed by atoms with van der Waals surface area (Å²) in [5.74, 6) is 1.20. The van der Waals surface area contributed by atoms with Crippen LogP contribution in [0.2, 0.25) is 0 Å². The van der Waals surface area contributed by atoms with Gasteiger partial charge in [-0.05, 0) is 42.7 Å². The predicted octanol–water partition coefficient (Wildman–Crippen LogP) is 2.67. The maximum Gasteiger partial charge on any atom is 0.243 e. The number of ether oxygens (including phenoxy) is 2. The lowest BCUT2D eigenvalue weighted by Crippen LogP contribution is -2.45. The Morgan fingerprint density at radius 3 is 2.69 bits per heavy atom. The molecule has 2 heterocycles. The molecule has 1 amide bonds. The molecule has 0 unspecified atom stereocenters. The zero-order valence-corrected chi connectivity index (χ0v) is 16.9. The van der Waals surface area contributed by atoms with E-state index in [-0.39, 0.29) is 30.1 Å². The zero-order chi connectivity index (χ0) is 20.3. The summed E-state index contributed by atoms with van der Waals surface area (Å²) in [5, 5.41) is 2.89. The Bertz CT molecular complexity index is 978. The van der Waals surface area contributed by atoms with Gasteiger partial charge in [-0.25, -0.2) is 8.42 Å². The molecule has 0 saturated carbocycles. The first-order chi connectivity index (χ1) is 14.0. The molecule has 4 rings (SSSR count). The summed E-state index contributed by atoms with van der Waals surface area (Å²) < 4.78 is 38.2. The molecular formula is C21H24N2O5S. The van der Waals surface area contributed by atoms with Gasteiger partial charge in [0.25, 0.3) is 0 Å². The Kier molecular flexibility index (Phi) is 5.73. The second kappa shape index (κ2) is 8.42. The van der Waals surface area contributed by atoms with E-state index in [1.165, 1.54) is 4.31 Å². The van der Waals surface area contributed by atoms with Crippen molar-refractivity contribution in [1.82, 2.24) is 9.62 Å².